The molecular weight excluding hydrogens is 216 g/mol. The van der Waals surface area contributed by atoms with Crippen LogP contribution in [0.2, 0.25) is 0 Å². The van der Waals surface area contributed by atoms with E-state index in [0.717, 1.165) is 6.42 Å². The first-order valence-corrected chi connectivity index (χ1v) is 6.60. The highest BCUT2D eigenvalue weighted by Gasteiger charge is 2.24. The van der Waals surface area contributed by atoms with Crippen LogP contribution in [0.25, 0.3) is 16.8 Å². The summed E-state index contributed by atoms with van der Waals surface area (Å²) in [5, 5.41) is 2.67. The molecule has 1 radical (unpaired) electrons. The average Bonchev–Trinajstić information content (AvgIpc) is 2.67. The highest BCUT2D eigenvalue weighted by Crippen LogP contribution is 2.39. The van der Waals surface area contributed by atoms with Crippen molar-refractivity contribution in [2.75, 3.05) is 0 Å². The fourth-order valence-electron chi connectivity index (χ4n) is 2.68. The van der Waals surface area contributed by atoms with Crippen molar-refractivity contribution in [2.45, 2.75) is 27.2 Å². The molecule has 0 fully saturated rings. The van der Waals surface area contributed by atoms with Crippen LogP contribution in [0, 0.1) is 11.3 Å². The van der Waals surface area contributed by atoms with Crippen molar-refractivity contribution in [1.82, 2.24) is 0 Å². The molecule has 0 saturated carbocycles. The zero-order valence-corrected chi connectivity index (χ0v) is 11.3. The van der Waals surface area contributed by atoms with Gasteiger partial charge in [-0.05, 0) is 45.9 Å². The minimum atomic E-state index is 0.340. The molecule has 18 heavy (non-hydrogen) atoms. The summed E-state index contributed by atoms with van der Waals surface area (Å²) in [6, 6.07) is 13.2. The van der Waals surface area contributed by atoms with Gasteiger partial charge >= 0.3 is 0 Å². The standard InChI is InChI=1S/C18H19/c1-18(2,3)12-16-9-8-15-10-13-6-4-5-7-14(13)11-17(15)16/h4-11H,12H2,1-3H3. The molecule has 0 amide bonds. The minimum Gasteiger partial charge on any atom is -0.0721 e. The Morgan fingerprint density at radius 2 is 1.56 bits per heavy atom. The SMILES string of the molecule is CC(C)(C)C[C]1C=Cc2cc3ccccc3cc21. The van der Waals surface area contributed by atoms with E-state index in [-0.39, 0.29) is 0 Å². The second-order valence-corrected chi connectivity index (χ2v) is 6.38. The molecule has 0 heteroatoms. The summed E-state index contributed by atoms with van der Waals surface area (Å²) in [7, 11) is 0. The molecule has 0 aromatic heterocycles. The van der Waals surface area contributed by atoms with Crippen molar-refractivity contribution in [1.29, 1.82) is 0 Å². The van der Waals surface area contributed by atoms with E-state index in [9.17, 15) is 0 Å². The summed E-state index contributed by atoms with van der Waals surface area (Å²) in [6.07, 6.45) is 5.67. The molecular formula is C18H19. The Morgan fingerprint density at radius 1 is 0.889 bits per heavy atom. The van der Waals surface area contributed by atoms with Crippen LogP contribution in [0.15, 0.2) is 42.5 Å². The van der Waals surface area contributed by atoms with E-state index >= 15 is 0 Å². The van der Waals surface area contributed by atoms with Crippen molar-refractivity contribution < 1.29 is 0 Å². The summed E-state index contributed by atoms with van der Waals surface area (Å²) < 4.78 is 0. The first-order chi connectivity index (χ1) is 8.53. The molecule has 0 bridgehead atoms. The highest BCUT2D eigenvalue weighted by atomic mass is 14.3. The van der Waals surface area contributed by atoms with Gasteiger partial charge in [0.15, 0.2) is 0 Å². The van der Waals surface area contributed by atoms with Crippen LogP contribution in [-0.2, 0) is 0 Å². The summed E-state index contributed by atoms with van der Waals surface area (Å²) in [6.45, 7) is 6.90. The van der Waals surface area contributed by atoms with E-state index in [1.807, 2.05) is 0 Å². The Kier molecular flexibility index (Phi) is 2.55. The van der Waals surface area contributed by atoms with Gasteiger partial charge in [0.05, 0.1) is 0 Å². The van der Waals surface area contributed by atoms with Crippen LogP contribution < -0.4 is 0 Å². The van der Waals surface area contributed by atoms with Crippen LogP contribution in [0.3, 0.4) is 0 Å². The van der Waals surface area contributed by atoms with Gasteiger partial charge in [-0.1, -0.05) is 57.2 Å². The van der Waals surface area contributed by atoms with Gasteiger partial charge in [-0.25, -0.2) is 0 Å². The fourth-order valence-corrected chi connectivity index (χ4v) is 2.68. The van der Waals surface area contributed by atoms with Gasteiger partial charge in [0.2, 0.25) is 0 Å². The third-order valence-corrected chi connectivity index (χ3v) is 3.45. The highest BCUT2D eigenvalue weighted by molar-refractivity contribution is 5.88. The Hall–Kier alpha value is -1.56. The smallest absolute Gasteiger partial charge is 0.0278 e. The van der Waals surface area contributed by atoms with Crippen LogP contribution >= 0.6 is 0 Å². The van der Waals surface area contributed by atoms with E-state index in [0.29, 0.717) is 5.41 Å². The van der Waals surface area contributed by atoms with Crippen molar-refractivity contribution in [3.05, 3.63) is 59.5 Å². The Balaban J connectivity index is 2.05. The van der Waals surface area contributed by atoms with Gasteiger partial charge in [-0.15, -0.1) is 0 Å². The lowest BCUT2D eigenvalue weighted by molar-refractivity contribution is 0.399. The Morgan fingerprint density at radius 3 is 2.22 bits per heavy atom. The topological polar surface area (TPSA) is 0 Å². The molecule has 0 aliphatic heterocycles. The lowest BCUT2D eigenvalue weighted by Gasteiger charge is -2.22. The molecule has 2 aromatic rings. The number of allylic oxidation sites excluding steroid dienone is 1. The Bertz CT molecular complexity index is 611. The first kappa shape index (κ1) is 11.5. The van der Waals surface area contributed by atoms with Gasteiger partial charge in [-0.3, -0.25) is 0 Å². The van der Waals surface area contributed by atoms with Gasteiger partial charge in [0, 0.05) is 5.92 Å². The zero-order chi connectivity index (χ0) is 12.8. The average molecular weight is 235 g/mol. The Labute approximate surface area is 109 Å². The number of hydrogen-bond donors (Lipinski definition) is 0. The molecule has 0 saturated heterocycles. The number of benzene rings is 2. The third kappa shape index (κ3) is 2.08. The molecule has 2 aromatic carbocycles. The summed E-state index contributed by atoms with van der Waals surface area (Å²) in [4.78, 5) is 0. The van der Waals surface area contributed by atoms with Crippen LogP contribution in [0.5, 0.6) is 0 Å². The number of fused-ring (bicyclic) bond motifs is 2. The van der Waals surface area contributed by atoms with Crippen LogP contribution in [-0.4, -0.2) is 0 Å². The summed E-state index contributed by atoms with van der Waals surface area (Å²) >= 11 is 0. The monoisotopic (exact) mass is 235 g/mol. The molecule has 1 aliphatic rings. The summed E-state index contributed by atoms with van der Waals surface area (Å²) in [5.74, 6) is 1.48. The molecule has 91 valence electrons. The summed E-state index contributed by atoms with van der Waals surface area (Å²) in [5.41, 5.74) is 3.13. The van der Waals surface area contributed by atoms with Crippen LogP contribution in [0.1, 0.15) is 38.3 Å². The van der Waals surface area contributed by atoms with Crippen molar-refractivity contribution in [3.8, 4) is 0 Å². The van der Waals surface area contributed by atoms with E-state index in [2.05, 4.69) is 69.3 Å². The third-order valence-electron chi connectivity index (χ3n) is 3.45. The molecule has 0 atom stereocenters. The van der Waals surface area contributed by atoms with Crippen molar-refractivity contribution >= 4 is 16.8 Å². The van der Waals surface area contributed by atoms with Crippen molar-refractivity contribution in [2.24, 2.45) is 5.41 Å². The maximum absolute atomic E-state index is 2.34. The van der Waals surface area contributed by atoms with Crippen molar-refractivity contribution in [3.63, 3.8) is 0 Å². The van der Waals surface area contributed by atoms with Gasteiger partial charge in [0.25, 0.3) is 0 Å². The maximum atomic E-state index is 2.34. The molecule has 0 N–H and O–H groups in total. The predicted molar refractivity (Wildman–Crippen MR) is 79.4 cm³/mol. The second-order valence-electron chi connectivity index (χ2n) is 6.38. The molecule has 0 nitrogen and oxygen atoms in total. The first-order valence-electron chi connectivity index (χ1n) is 6.60. The lowest BCUT2D eigenvalue weighted by atomic mass is 9.82. The molecule has 1 aliphatic carbocycles. The number of hydrogen-bond acceptors (Lipinski definition) is 0. The van der Waals surface area contributed by atoms with E-state index < -0.39 is 0 Å². The minimum absolute atomic E-state index is 0.340. The quantitative estimate of drug-likeness (QED) is 0.635. The van der Waals surface area contributed by atoms with E-state index in [1.54, 1.807) is 0 Å². The maximum Gasteiger partial charge on any atom is 0.0278 e. The molecule has 3 rings (SSSR count). The second kappa shape index (κ2) is 3.98. The fraction of sp³-hybridized carbons (Fsp3) is 0.278. The lowest BCUT2D eigenvalue weighted by Crippen LogP contribution is -2.10. The van der Waals surface area contributed by atoms with E-state index in [1.165, 1.54) is 27.8 Å². The van der Waals surface area contributed by atoms with Gasteiger partial charge < -0.3 is 0 Å². The largest absolute Gasteiger partial charge is 0.0721 e. The molecule has 0 heterocycles. The van der Waals surface area contributed by atoms with Gasteiger partial charge in [0.1, 0.15) is 0 Å². The van der Waals surface area contributed by atoms with E-state index in [4.69, 9.17) is 0 Å². The zero-order valence-electron chi connectivity index (χ0n) is 11.3. The molecule has 0 unspecified atom stereocenters. The predicted octanol–water partition coefficient (Wildman–Crippen LogP) is 5.23. The van der Waals surface area contributed by atoms with Gasteiger partial charge in [-0.2, -0.15) is 0 Å². The normalized spacial score (nSPS) is 15.3. The van der Waals surface area contributed by atoms with Crippen LogP contribution in [0.4, 0.5) is 0 Å². The molecule has 0 spiro atoms. The number of rotatable bonds is 1.